The van der Waals surface area contributed by atoms with Crippen molar-refractivity contribution in [1.29, 1.82) is 0 Å². The molecule has 0 saturated heterocycles. The molecule has 6 nitrogen and oxygen atoms in total. The van der Waals surface area contributed by atoms with Crippen molar-refractivity contribution >= 4 is 5.91 Å². The predicted octanol–water partition coefficient (Wildman–Crippen LogP) is 4.50. The maximum atomic E-state index is 13.2. The lowest BCUT2D eigenvalue weighted by Gasteiger charge is -2.15. The molecule has 0 saturated carbocycles. The first-order valence-electron chi connectivity index (χ1n) is 9.99. The first-order chi connectivity index (χ1) is 14.3. The normalized spacial score (nSPS) is 10.9. The van der Waals surface area contributed by atoms with Gasteiger partial charge in [-0.2, -0.15) is 0 Å². The van der Waals surface area contributed by atoms with Crippen LogP contribution in [0.15, 0.2) is 36.4 Å². The number of benzene rings is 2. The van der Waals surface area contributed by atoms with Gasteiger partial charge in [0.05, 0.1) is 18.0 Å². The molecule has 3 aromatic rings. The largest absolute Gasteiger partial charge is 0.491 e. The molecule has 0 spiro atoms. The Bertz CT molecular complexity index is 1050. The number of aromatic nitrogens is 2. The molecule has 30 heavy (non-hydrogen) atoms. The van der Waals surface area contributed by atoms with E-state index < -0.39 is 0 Å². The van der Waals surface area contributed by atoms with Gasteiger partial charge in [0.2, 0.25) is 0 Å². The van der Waals surface area contributed by atoms with Crippen LogP contribution in [0, 0.1) is 34.6 Å². The van der Waals surface area contributed by atoms with Gasteiger partial charge < -0.3 is 9.47 Å². The van der Waals surface area contributed by atoms with Gasteiger partial charge in [0, 0.05) is 23.8 Å². The molecular formula is C24H29N3O3. The van der Waals surface area contributed by atoms with Crippen LogP contribution in [-0.4, -0.2) is 35.9 Å². The standard InChI is InChI=1S/C24H29N3O3/c1-15-12-16(2)14-20(13-15)23-25-18(4)19(5)27(23)26-24(28)21-8-7-9-22(17(21)3)30-11-10-29-6/h7-9,12-14H,10-11H2,1-6H3,(H,26,28). The number of carbonyl (C=O) groups is 1. The van der Waals surface area contributed by atoms with Crippen LogP contribution in [0.2, 0.25) is 0 Å². The topological polar surface area (TPSA) is 65.4 Å². The Hall–Kier alpha value is -3.12. The van der Waals surface area contributed by atoms with Gasteiger partial charge in [-0.05, 0) is 58.9 Å². The SMILES string of the molecule is COCCOc1cccc(C(=O)Nn2c(-c3cc(C)cc(C)c3)nc(C)c2C)c1C. The molecule has 0 atom stereocenters. The third kappa shape index (κ3) is 4.54. The minimum Gasteiger partial charge on any atom is -0.491 e. The van der Waals surface area contributed by atoms with E-state index >= 15 is 0 Å². The second kappa shape index (κ2) is 9.13. The molecule has 0 aliphatic heterocycles. The summed E-state index contributed by atoms with van der Waals surface area (Å²) in [4.78, 5) is 17.9. The minimum atomic E-state index is -0.212. The van der Waals surface area contributed by atoms with E-state index in [2.05, 4.69) is 37.5 Å². The summed E-state index contributed by atoms with van der Waals surface area (Å²) in [6.45, 7) is 10.8. The molecule has 3 rings (SSSR count). The number of imidazole rings is 1. The third-order valence-corrected chi connectivity index (χ3v) is 5.11. The van der Waals surface area contributed by atoms with Crippen LogP contribution in [0.25, 0.3) is 11.4 Å². The van der Waals surface area contributed by atoms with Crippen LogP contribution in [-0.2, 0) is 4.74 Å². The zero-order valence-corrected chi connectivity index (χ0v) is 18.5. The highest BCUT2D eigenvalue weighted by Gasteiger charge is 2.18. The summed E-state index contributed by atoms with van der Waals surface area (Å²) in [5, 5.41) is 0. The lowest BCUT2D eigenvalue weighted by molar-refractivity contribution is 0.101. The fourth-order valence-corrected chi connectivity index (χ4v) is 3.46. The van der Waals surface area contributed by atoms with Crippen LogP contribution in [0.4, 0.5) is 0 Å². The van der Waals surface area contributed by atoms with E-state index in [0.717, 1.165) is 39.5 Å². The van der Waals surface area contributed by atoms with Crippen LogP contribution >= 0.6 is 0 Å². The summed E-state index contributed by atoms with van der Waals surface area (Å²) in [6, 6.07) is 11.7. The van der Waals surface area contributed by atoms with Crippen LogP contribution in [0.5, 0.6) is 5.75 Å². The van der Waals surface area contributed by atoms with E-state index in [-0.39, 0.29) is 5.91 Å². The van der Waals surface area contributed by atoms with Crippen molar-refractivity contribution in [3.63, 3.8) is 0 Å². The molecule has 0 aliphatic carbocycles. The smallest absolute Gasteiger partial charge is 0.270 e. The van der Waals surface area contributed by atoms with Crippen LogP contribution < -0.4 is 10.2 Å². The molecule has 1 heterocycles. The van der Waals surface area contributed by atoms with Crippen molar-refractivity contribution in [2.75, 3.05) is 25.7 Å². The summed E-state index contributed by atoms with van der Waals surface area (Å²) in [7, 11) is 1.63. The second-order valence-corrected chi connectivity index (χ2v) is 7.53. The Morgan fingerprint density at radius 1 is 1.03 bits per heavy atom. The number of methoxy groups -OCH3 is 1. The number of hydrogen-bond donors (Lipinski definition) is 1. The molecule has 1 aromatic heterocycles. The summed E-state index contributed by atoms with van der Waals surface area (Å²) in [5.74, 6) is 1.18. The lowest BCUT2D eigenvalue weighted by atomic mass is 10.1. The molecule has 0 aliphatic rings. The minimum absolute atomic E-state index is 0.212. The number of rotatable bonds is 7. The zero-order valence-electron chi connectivity index (χ0n) is 18.5. The molecule has 0 fully saturated rings. The maximum Gasteiger partial charge on any atom is 0.270 e. The Kier molecular flexibility index (Phi) is 6.57. The third-order valence-electron chi connectivity index (χ3n) is 5.11. The van der Waals surface area contributed by atoms with E-state index in [4.69, 9.17) is 14.5 Å². The first-order valence-corrected chi connectivity index (χ1v) is 9.99. The molecule has 0 unspecified atom stereocenters. The van der Waals surface area contributed by atoms with Crippen molar-refractivity contribution in [2.45, 2.75) is 34.6 Å². The zero-order chi connectivity index (χ0) is 21.8. The Morgan fingerprint density at radius 3 is 2.40 bits per heavy atom. The van der Waals surface area contributed by atoms with E-state index in [1.807, 2.05) is 32.9 Å². The highest BCUT2D eigenvalue weighted by Crippen LogP contribution is 2.25. The molecular weight excluding hydrogens is 378 g/mol. The van der Waals surface area contributed by atoms with Gasteiger partial charge >= 0.3 is 0 Å². The Balaban J connectivity index is 1.94. The average Bonchev–Trinajstić information content (AvgIpc) is 2.97. The van der Waals surface area contributed by atoms with Gasteiger partial charge in [0.25, 0.3) is 5.91 Å². The summed E-state index contributed by atoms with van der Waals surface area (Å²) in [6.07, 6.45) is 0. The second-order valence-electron chi connectivity index (χ2n) is 7.53. The van der Waals surface area contributed by atoms with Gasteiger partial charge in [-0.1, -0.05) is 23.3 Å². The monoisotopic (exact) mass is 407 g/mol. The number of nitrogens with one attached hydrogen (secondary N) is 1. The Labute approximate surface area is 177 Å². The number of hydrogen-bond acceptors (Lipinski definition) is 4. The van der Waals surface area contributed by atoms with Crippen molar-refractivity contribution in [3.05, 3.63) is 70.0 Å². The number of ether oxygens (including phenoxy) is 2. The van der Waals surface area contributed by atoms with E-state index in [9.17, 15) is 4.79 Å². The van der Waals surface area contributed by atoms with E-state index in [1.165, 1.54) is 0 Å². The van der Waals surface area contributed by atoms with Gasteiger partial charge in [0.1, 0.15) is 12.4 Å². The van der Waals surface area contributed by atoms with Crippen molar-refractivity contribution in [2.24, 2.45) is 0 Å². The first kappa shape index (κ1) is 21.6. The van der Waals surface area contributed by atoms with Gasteiger partial charge in [0.15, 0.2) is 5.82 Å². The summed E-state index contributed by atoms with van der Waals surface area (Å²) < 4.78 is 12.5. The van der Waals surface area contributed by atoms with Crippen molar-refractivity contribution in [3.8, 4) is 17.1 Å². The number of amides is 1. The molecule has 6 heteroatoms. The molecule has 0 bridgehead atoms. The van der Waals surface area contributed by atoms with Crippen molar-refractivity contribution < 1.29 is 14.3 Å². The molecule has 1 amide bonds. The number of carbonyl (C=O) groups excluding carboxylic acids is 1. The van der Waals surface area contributed by atoms with Crippen LogP contribution in [0.3, 0.4) is 0 Å². The molecule has 1 N–H and O–H groups in total. The Morgan fingerprint density at radius 2 is 1.73 bits per heavy atom. The van der Waals surface area contributed by atoms with Crippen molar-refractivity contribution in [1.82, 2.24) is 9.66 Å². The fourth-order valence-electron chi connectivity index (χ4n) is 3.46. The predicted molar refractivity (Wildman–Crippen MR) is 119 cm³/mol. The van der Waals surface area contributed by atoms with E-state index in [1.54, 1.807) is 17.9 Å². The quantitative estimate of drug-likeness (QED) is 0.586. The lowest BCUT2D eigenvalue weighted by Crippen LogP contribution is -2.25. The molecule has 2 aromatic carbocycles. The summed E-state index contributed by atoms with van der Waals surface area (Å²) >= 11 is 0. The van der Waals surface area contributed by atoms with Crippen LogP contribution in [0.1, 0.15) is 38.4 Å². The molecule has 0 radical (unpaired) electrons. The molecule has 158 valence electrons. The highest BCUT2D eigenvalue weighted by atomic mass is 16.5. The van der Waals surface area contributed by atoms with Gasteiger partial charge in [-0.3, -0.25) is 10.2 Å². The van der Waals surface area contributed by atoms with E-state index in [0.29, 0.717) is 24.5 Å². The van der Waals surface area contributed by atoms with Gasteiger partial charge in [-0.25, -0.2) is 9.66 Å². The average molecular weight is 408 g/mol. The maximum absolute atomic E-state index is 13.2. The van der Waals surface area contributed by atoms with Gasteiger partial charge in [-0.15, -0.1) is 0 Å². The fraction of sp³-hybridized carbons (Fsp3) is 0.333. The summed E-state index contributed by atoms with van der Waals surface area (Å²) in [5.41, 5.74) is 9.40. The number of nitrogens with zero attached hydrogens (tertiary/aromatic N) is 2. The highest BCUT2D eigenvalue weighted by molar-refractivity contribution is 6.02. The number of aryl methyl sites for hydroxylation is 3.